The fourth-order valence-corrected chi connectivity index (χ4v) is 1.81. The molecule has 0 fully saturated rings. The third kappa shape index (κ3) is 3.58. The predicted molar refractivity (Wildman–Crippen MR) is 72.3 cm³/mol. The average Bonchev–Trinajstić information content (AvgIpc) is 2.68. The number of aryl methyl sites for hydroxylation is 2. The minimum absolute atomic E-state index is 0.241. The van der Waals surface area contributed by atoms with Gasteiger partial charge in [0.1, 0.15) is 6.61 Å². The largest absolute Gasteiger partial charge is 0.459 e. The quantitative estimate of drug-likeness (QED) is 0.668. The summed E-state index contributed by atoms with van der Waals surface area (Å²) in [6.45, 7) is 2.14. The van der Waals surface area contributed by atoms with Crippen molar-refractivity contribution < 1.29 is 9.53 Å². The van der Waals surface area contributed by atoms with Gasteiger partial charge < -0.3 is 10.5 Å². The molecule has 5 nitrogen and oxygen atoms in total. The number of nitrogens with zero attached hydrogens (tertiary/aromatic N) is 2. The molecule has 2 aromatic rings. The van der Waals surface area contributed by atoms with Crippen LogP contribution in [0.25, 0.3) is 0 Å². The molecule has 5 heteroatoms. The zero-order valence-corrected chi connectivity index (χ0v) is 11.1. The number of anilines is 1. The molecule has 2 N–H and O–H groups in total. The molecule has 0 aliphatic heterocycles. The monoisotopic (exact) mass is 259 g/mol. The van der Waals surface area contributed by atoms with Gasteiger partial charge in [0.25, 0.3) is 0 Å². The minimum Gasteiger partial charge on any atom is -0.459 e. The van der Waals surface area contributed by atoms with E-state index >= 15 is 0 Å². The van der Waals surface area contributed by atoms with Gasteiger partial charge in [-0.1, -0.05) is 12.1 Å². The number of hydrogen-bond donors (Lipinski definition) is 1. The Hall–Kier alpha value is -2.30. The van der Waals surface area contributed by atoms with E-state index < -0.39 is 0 Å². The molecular weight excluding hydrogens is 242 g/mol. The molecule has 1 heterocycles. The number of rotatable bonds is 4. The molecule has 19 heavy (non-hydrogen) atoms. The molecular formula is C14H17N3O2. The zero-order chi connectivity index (χ0) is 13.8. The second kappa shape index (κ2) is 5.56. The van der Waals surface area contributed by atoms with Crippen LogP contribution in [0.1, 0.15) is 17.0 Å². The van der Waals surface area contributed by atoms with Crippen molar-refractivity contribution in [3.05, 3.63) is 47.3 Å². The van der Waals surface area contributed by atoms with E-state index in [-0.39, 0.29) is 19.0 Å². The van der Waals surface area contributed by atoms with Gasteiger partial charge in [0, 0.05) is 12.7 Å². The molecule has 0 aliphatic rings. The Balaban J connectivity index is 1.88. The molecule has 0 atom stereocenters. The van der Waals surface area contributed by atoms with Crippen LogP contribution in [0.4, 0.5) is 5.69 Å². The van der Waals surface area contributed by atoms with Gasteiger partial charge in [0.2, 0.25) is 0 Å². The predicted octanol–water partition coefficient (Wildman–Crippen LogP) is 1.60. The Morgan fingerprint density at radius 1 is 1.37 bits per heavy atom. The second-order valence-electron chi connectivity index (χ2n) is 4.48. The fraction of sp³-hybridized carbons (Fsp3) is 0.286. The number of nitrogen functional groups attached to an aromatic ring is 1. The maximum atomic E-state index is 11.7. The summed E-state index contributed by atoms with van der Waals surface area (Å²) in [5.74, 6) is -0.261. The van der Waals surface area contributed by atoms with Crippen molar-refractivity contribution in [3.63, 3.8) is 0 Å². The summed E-state index contributed by atoms with van der Waals surface area (Å²) in [4.78, 5) is 11.7. The van der Waals surface area contributed by atoms with Gasteiger partial charge in [-0.2, -0.15) is 5.10 Å². The number of benzene rings is 1. The highest BCUT2D eigenvalue weighted by molar-refractivity contribution is 5.72. The maximum absolute atomic E-state index is 11.7. The molecule has 1 aromatic carbocycles. The van der Waals surface area contributed by atoms with Crippen LogP contribution in [-0.4, -0.2) is 15.7 Å². The zero-order valence-electron chi connectivity index (χ0n) is 11.1. The number of hydrogen-bond acceptors (Lipinski definition) is 4. The summed E-state index contributed by atoms with van der Waals surface area (Å²) in [5.41, 5.74) is 8.94. The lowest BCUT2D eigenvalue weighted by Gasteiger charge is -2.05. The van der Waals surface area contributed by atoms with Crippen LogP contribution in [0, 0.1) is 6.92 Å². The fourth-order valence-electron chi connectivity index (χ4n) is 1.81. The van der Waals surface area contributed by atoms with Crippen molar-refractivity contribution >= 4 is 11.7 Å². The smallest absolute Gasteiger partial charge is 0.310 e. The van der Waals surface area contributed by atoms with Gasteiger partial charge in [0.05, 0.1) is 17.8 Å². The van der Waals surface area contributed by atoms with Crippen LogP contribution in [-0.2, 0) is 29.6 Å². The van der Waals surface area contributed by atoms with Crippen LogP contribution in [0.15, 0.2) is 30.3 Å². The van der Waals surface area contributed by atoms with Gasteiger partial charge in [-0.3, -0.25) is 9.48 Å². The van der Waals surface area contributed by atoms with E-state index in [0.717, 1.165) is 17.0 Å². The molecule has 0 aliphatic carbocycles. The van der Waals surface area contributed by atoms with Gasteiger partial charge in [-0.25, -0.2) is 0 Å². The number of carbonyl (C=O) groups excluding carboxylic acids is 1. The topological polar surface area (TPSA) is 70.1 Å². The van der Waals surface area contributed by atoms with E-state index in [4.69, 9.17) is 10.5 Å². The van der Waals surface area contributed by atoms with Crippen LogP contribution in [0.3, 0.4) is 0 Å². The summed E-state index contributed by atoms with van der Waals surface area (Å²) in [6, 6.07) is 9.09. The van der Waals surface area contributed by atoms with E-state index in [1.165, 1.54) is 0 Å². The van der Waals surface area contributed by atoms with Gasteiger partial charge in [0.15, 0.2) is 0 Å². The summed E-state index contributed by atoms with van der Waals surface area (Å²) >= 11 is 0. The van der Waals surface area contributed by atoms with E-state index in [9.17, 15) is 4.79 Å². The molecule has 0 unspecified atom stereocenters. The first-order valence-corrected chi connectivity index (χ1v) is 6.04. The Morgan fingerprint density at radius 2 is 2.05 bits per heavy atom. The lowest BCUT2D eigenvalue weighted by atomic mass is 10.1. The van der Waals surface area contributed by atoms with Crippen molar-refractivity contribution in [1.82, 2.24) is 9.78 Å². The molecule has 0 amide bonds. The van der Waals surface area contributed by atoms with Gasteiger partial charge in [-0.05, 0) is 30.7 Å². The standard InChI is InChI=1S/C14H17N3O2/c1-10-7-13(17(2)16-10)9-19-14(18)8-11-3-5-12(15)6-4-11/h3-7H,8-9,15H2,1-2H3. The highest BCUT2D eigenvalue weighted by atomic mass is 16.5. The molecule has 0 saturated heterocycles. The Labute approximate surface area is 112 Å². The molecule has 0 bridgehead atoms. The Kier molecular flexibility index (Phi) is 3.85. The summed E-state index contributed by atoms with van der Waals surface area (Å²) in [5, 5.41) is 4.19. The third-order valence-electron chi connectivity index (χ3n) is 2.81. The first-order valence-electron chi connectivity index (χ1n) is 6.04. The Bertz CT molecular complexity index is 573. The van der Waals surface area contributed by atoms with E-state index in [1.54, 1.807) is 16.8 Å². The van der Waals surface area contributed by atoms with Gasteiger partial charge >= 0.3 is 5.97 Å². The minimum atomic E-state index is -0.261. The molecule has 0 radical (unpaired) electrons. The lowest BCUT2D eigenvalue weighted by molar-refractivity contribution is -0.144. The third-order valence-corrected chi connectivity index (χ3v) is 2.81. The normalized spacial score (nSPS) is 10.4. The number of aromatic nitrogens is 2. The van der Waals surface area contributed by atoms with E-state index in [2.05, 4.69) is 5.10 Å². The number of ether oxygens (including phenoxy) is 1. The average molecular weight is 259 g/mol. The lowest BCUT2D eigenvalue weighted by Crippen LogP contribution is -2.10. The first kappa shape index (κ1) is 13.1. The molecule has 100 valence electrons. The van der Waals surface area contributed by atoms with Crippen molar-refractivity contribution in [3.8, 4) is 0 Å². The summed E-state index contributed by atoms with van der Waals surface area (Å²) in [6.07, 6.45) is 0.247. The Morgan fingerprint density at radius 3 is 2.63 bits per heavy atom. The van der Waals surface area contributed by atoms with Crippen molar-refractivity contribution in [2.75, 3.05) is 5.73 Å². The maximum Gasteiger partial charge on any atom is 0.310 e. The summed E-state index contributed by atoms with van der Waals surface area (Å²) < 4.78 is 6.94. The van der Waals surface area contributed by atoms with Crippen molar-refractivity contribution in [1.29, 1.82) is 0 Å². The molecule has 1 aromatic heterocycles. The van der Waals surface area contributed by atoms with E-state index in [1.807, 2.05) is 32.2 Å². The molecule has 0 saturated carbocycles. The summed E-state index contributed by atoms with van der Waals surface area (Å²) in [7, 11) is 1.83. The highest BCUT2D eigenvalue weighted by Crippen LogP contribution is 2.08. The molecule has 2 rings (SSSR count). The van der Waals surface area contributed by atoms with Gasteiger partial charge in [-0.15, -0.1) is 0 Å². The highest BCUT2D eigenvalue weighted by Gasteiger charge is 2.08. The van der Waals surface area contributed by atoms with Crippen LogP contribution < -0.4 is 5.73 Å². The van der Waals surface area contributed by atoms with E-state index in [0.29, 0.717) is 5.69 Å². The SMILES string of the molecule is Cc1cc(COC(=O)Cc2ccc(N)cc2)n(C)n1. The number of carbonyl (C=O) groups is 1. The van der Waals surface area contributed by atoms with Crippen LogP contribution in [0.2, 0.25) is 0 Å². The van der Waals surface area contributed by atoms with Crippen molar-refractivity contribution in [2.45, 2.75) is 20.0 Å². The molecule has 0 spiro atoms. The second-order valence-corrected chi connectivity index (χ2v) is 4.48. The number of esters is 1. The van der Waals surface area contributed by atoms with Crippen molar-refractivity contribution in [2.24, 2.45) is 7.05 Å². The van der Waals surface area contributed by atoms with Crippen LogP contribution in [0.5, 0.6) is 0 Å². The number of nitrogens with two attached hydrogens (primary N) is 1. The first-order chi connectivity index (χ1) is 9.04. The van der Waals surface area contributed by atoms with Crippen LogP contribution >= 0.6 is 0 Å².